The number of phenolic OH excluding ortho intramolecular Hbond substituents is 1. The van der Waals surface area contributed by atoms with Crippen molar-refractivity contribution >= 4 is 0 Å². The summed E-state index contributed by atoms with van der Waals surface area (Å²) in [5.41, 5.74) is 0. The van der Waals surface area contributed by atoms with Crippen LogP contribution in [0, 0.1) is 0 Å². The monoisotopic (exact) mass is 184 g/mol. The van der Waals surface area contributed by atoms with Crippen LogP contribution in [0.4, 0.5) is 0 Å². The van der Waals surface area contributed by atoms with Gasteiger partial charge in [0, 0.05) is 0 Å². The first-order valence-electron chi connectivity index (χ1n) is 3.93. The maximum Gasteiger partial charge on any atom is 0.119 e. The standard InChI is InChI=1S/C9H12O4/c10-5-8(12)6-13-9-3-1-7(11)2-4-9/h1-4,8,10-12H,5-6H2/t8-/m0/s1. The summed E-state index contributed by atoms with van der Waals surface area (Å²) in [6.07, 6.45) is -0.867. The number of rotatable bonds is 4. The molecular formula is C9H12O4. The van der Waals surface area contributed by atoms with E-state index in [-0.39, 0.29) is 19.0 Å². The zero-order valence-electron chi connectivity index (χ0n) is 7.05. The Morgan fingerprint density at radius 3 is 2.38 bits per heavy atom. The maximum absolute atomic E-state index is 8.95. The summed E-state index contributed by atoms with van der Waals surface area (Å²) in [7, 11) is 0. The third-order valence-corrected chi connectivity index (χ3v) is 1.49. The Morgan fingerprint density at radius 2 is 1.85 bits per heavy atom. The van der Waals surface area contributed by atoms with Crippen molar-refractivity contribution in [2.24, 2.45) is 0 Å². The van der Waals surface area contributed by atoms with Gasteiger partial charge in [-0.15, -0.1) is 0 Å². The van der Waals surface area contributed by atoms with Crippen LogP contribution in [0.3, 0.4) is 0 Å². The van der Waals surface area contributed by atoms with Crippen molar-refractivity contribution in [3.63, 3.8) is 0 Å². The minimum absolute atomic E-state index is 0.0429. The number of ether oxygens (including phenoxy) is 1. The van der Waals surface area contributed by atoms with E-state index in [1.54, 1.807) is 12.1 Å². The molecule has 0 bridgehead atoms. The van der Waals surface area contributed by atoms with Gasteiger partial charge < -0.3 is 20.1 Å². The normalized spacial score (nSPS) is 12.5. The average Bonchev–Trinajstić information content (AvgIpc) is 2.16. The lowest BCUT2D eigenvalue weighted by atomic mass is 10.3. The van der Waals surface area contributed by atoms with E-state index in [1.807, 2.05) is 0 Å². The molecule has 0 saturated heterocycles. The molecule has 4 heteroatoms. The predicted molar refractivity (Wildman–Crippen MR) is 46.7 cm³/mol. The number of aliphatic hydroxyl groups excluding tert-OH is 2. The van der Waals surface area contributed by atoms with Crippen LogP contribution < -0.4 is 4.74 Å². The largest absolute Gasteiger partial charge is 0.508 e. The first kappa shape index (κ1) is 9.83. The lowest BCUT2D eigenvalue weighted by Gasteiger charge is -2.09. The smallest absolute Gasteiger partial charge is 0.119 e. The van der Waals surface area contributed by atoms with Gasteiger partial charge in [-0.2, -0.15) is 0 Å². The average molecular weight is 184 g/mol. The highest BCUT2D eigenvalue weighted by molar-refractivity contribution is 5.30. The zero-order valence-corrected chi connectivity index (χ0v) is 7.05. The fourth-order valence-corrected chi connectivity index (χ4v) is 0.787. The van der Waals surface area contributed by atoms with Crippen molar-refractivity contribution in [2.45, 2.75) is 6.10 Å². The highest BCUT2D eigenvalue weighted by Gasteiger charge is 2.02. The summed E-state index contributed by atoms with van der Waals surface area (Å²) in [6.45, 7) is -0.278. The molecule has 13 heavy (non-hydrogen) atoms. The van der Waals surface area contributed by atoms with Gasteiger partial charge in [-0.1, -0.05) is 0 Å². The first-order chi connectivity index (χ1) is 6.22. The Morgan fingerprint density at radius 1 is 1.23 bits per heavy atom. The number of benzene rings is 1. The van der Waals surface area contributed by atoms with Crippen LogP contribution in [0.15, 0.2) is 24.3 Å². The Labute approximate surface area is 76.0 Å². The molecule has 0 saturated carbocycles. The van der Waals surface area contributed by atoms with Gasteiger partial charge in [0.1, 0.15) is 24.2 Å². The van der Waals surface area contributed by atoms with Crippen LogP contribution >= 0.6 is 0 Å². The molecule has 0 aromatic heterocycles. The molecule has 4 nitrogen and oxygen atoms in total. The summed E-state index contributed by atoms with van der Waals surface area (Å²) in [6, 6.07) is 6.14. The second kappa shape index (κ2) is 4.69. The van der Waals surface area contributed by atoms with E-state index in [4.69, 9.17) is 20.1 Å². The van der Waals surface area contributed by atoms with Gasteiger partial charge in [0.15, 0.2) is 0 Å². The third kappa shape index (κ3) is 3.31. The molecule has 0 amide bonds. The van der Waals surface area contributed by atoms with Crippen LogP contribution in [0.25, 0.3) is 0 Å². The van der Waals surface area contributed by atoms with Crippen LogP contribution in [0.5, 0.6) is 11.5 Å². The number of hydrogen-bond acceptors (Lipinski definition) is 4. The minimum Gasteiger partial charge on any atom is -0.508 e. The van der Waals surface area contributed by atoms with Crippen molar-refractivity contribution in [3.8, 4) is 11.5 Å². The number of phenols is 1. The molecule has 72 valence electrons. The molecule has 0 heterocycles. The summed E-state index contributed by atoms with van der Waals surface area (Å²) in [5.74, 6) is 0.709. The topological polar surface area (TPSA) is 69.9 Å². The van der Waals surface area contributed by atoms with Crippen LogP contribution in [-0.2, 0) is 0 Å². The number of hydrogen-bond donors (Lipinski definition) is 3. The lowest BCUT2D eigenvalue weighted by Crippen LogP contribution is -2.21. The zero-order chi connectivity index (χ0) is 9.68. The summed E-state index contributed by atoms with van der Waals surface area (Å²) in [4.78, 5) is 0. The Bertz CT molecular complexity index is 244. The molecule has 1 aromatic rings. The number of aromatic hydroxyl groups is 1. The highest BCUT2D eigenvalue weighted by Crippen LogP contribution is 2.15. The molecule has 0 spiro atoms. The summed E-state index contributed by atoms with van der Waals surface area (Å²) >= 11 is 0. The van der Waals surface area contributed by atoms with Crippen molar-refractivity contribution in [3.05, 3.63) is 24.3 Å². The second-order valence-corrected chi connectivity index (χ2v) is 2.64. The van der Waals surface area contributed by atoms with E-state index >= 15 is 0 Å². The molecule has 0 fully saturated rings. The Kier molecular flexibility index (Phi) is 3.54. The molecule has 1 aromatic carbocycles. The van der Waals surface area contributed by atoms with Crippen LogP contribution in [0.2, 0.25) is 0 Å². The Hall–Kier alpha value is -1.26. The molecule has 3 N–H and O–H groups in total. The van der Waals surface area contributed by atoms with E-state index in [1.165, 1.54) is 12.1 Å². The predicted octanol–water partition coefficient (Wildman–Crippen LogP) is 0.124. The molecule has 0 aliphatic carbocycles. The molecule has 1 atom stereocenters. The quantitative estimate of drug-likeness (QED) is 0.621. The maximum atomic E-state index is 8.95. The SMILES string of the molecule is OC[C@H](O)COc1ccc(O)cc1. The van der Waals surface area contributed by atoms with Gasteiger partial charge in [0.2, 0.25) is 0 Å². The Balaban J connectivity index is 2.41. The second-order valence-electron chi connectivity index (χ2n) is 2.64. The summed E-state index contributed by atoms with van der Waals surface area (Å²) in [5, 5.41) is 26.4. The van der Waals surface area contributed by atoms with Crippen LogP contribution in [0.1, 0.15) is 0 Å². The van der Waals surface area contributed by atoms with E-state index in [2.05, 4.69) is 0 Å². The molecule has 0 radical (unpaired) electrons. The molecule has 0 aliphatic heterocycles. The van der Waals surface area contributed by atoms with Crippen molar-refractivity contribution in [1.29, 1.82) is 0 Å². The van der Waals surface area contributed by atoms with Gasteiger partial charge in [-0.25, -0.2) is 0 Å². The first-order valence-corrected chi connectivity index (χ1v) is 3.93. The highest BCUT2D eigenvalue weighted by atomic mass is 16.5. The van der Waals surface area contributed by atoms with Gasteiger partial charge in [0.25, 0.3) is 0 Å². The fourth-order valence-electron chi connectivity index (χ4n) is 0.787. The summed E-state index contributed by atoms with van der Waals surface area (Å²) < 4.78 is 5.09. The fraction of sp³-hybridized carbons (Fsp3) is 0.333. The van der Waals surface area contributed by atoms with E-state index in [0.717, 1.165) is 0 Å². The number of aliphatic hydroxyl groups is 2. The van der Waals surface area contributed by atoms with Crippen molar-refractivity contribution in [1.82, 2.24) is 0 Å². The molecule has 0 aliphatic rings. The van der Waals surface area contributed by atoms with E-state index in [0.29, 0.717) is 5.75 Å². The van der Waals surface area contributed by atoms with Gasteiger partial charge in [-0.3, -0.25) is 0 Å². The molecular weight excluding hydrogens is 172 g/mol. The molecule has 1 rings (SSSR count). The van der Waals surface area contributed by atoms with Crippen molar-refractivity contribution < 1.29 is 20.1 Å². The van der Waals surface area contributed by atoms with Crippen LogP contribution in [-0.4, -0.2) is 34.6 Å². The minimum atomic E-state index is -0.867. The third-order valence-electron chi connectivity index (χ3n) is 1.49. The lowest BCUT2D eigenvalue weighted by molar-refractivity contribution is 0.0536. The van der Waals surface area contributed by atoms with E-state index < -0.39 is 6.10 Å². The molecule has 0 unspecified atom stereocenters. The van der Waals surface area contributed by atoms with Crippen molar-refractivity contribution in [2.75, 3.05) is 13.2 Å². The van der Waals surface area contributed by atoms with Gasteiger partial charge in [0.05, 0.1) is 6.61 Å². The van der Waals surface area contributed by atoms with Gasteiger partial charge >= 0.3 is 0 Å². The van der Waals surface area contributed by atoms with Gasteiger partial charge in [-0.05, 0) is 24.3 Å². The van der Waals surface area contributed by atoms with E-state index in [9.17, 15) is 0 Å².